The fourth-order valence-corrected chi connectivity index (χ4v) is 3.20. The molecule has 0 N–H and O–H groups in total. The molecule has 174 valence electrons. The Bertz CT molecular complexity index is 1320. The summed E-state index contributed by atoms with van der Waals surface area (Å²) in [7, 11) is 1.62. The smallest absolute Gasteiger partial charge is 0.338 e. The summed E-state index contributed by atoms with van der Waals surface area (Å²) in [5.41, 5.74) is 1.47. The zero-order valence-corrected chi connectivity index (χ0v) is 18.9. The number of hydrogen-bond donors (Lipinski definition) is 0. The Morgan fingerprint density at radius 3 is 2.32 bits per heavy atom. The number of rotatable bonds is 9. The van der Waals surface area contributed by atoms with E-state index in [2.05, 4.69) is 0 Å². The molecule has 1 aromatic heterocycles. The molecule has 0 bridgehead atoms. The molecule has 0 aliphatic rings. The van der Waals surface area contributed by atoms with E-state index in [1.54, 1.807) is 49.6 Å². The number of esters is 1. The van der Waals surface area contributed by atoms with Crippen LogP contribution in [0.3, 0.4) is 0 Å². The summed E-state index contributed by atoms with van der Waals surface area (Å²) in [6, 6.07) is 19.0. The van der Waals surface area contributed by atoms with E-state index in [1.807, 2.05) is 31.2 Å². The fraction of sp³-hybridized carbons (Fsp3) is 0.185. The van der Waals surface area contributed by atoms with Crippen LogP contribution >= 0.6 is 0 Å². The first-order valence-corrected chi connectivity index (χ1v) is 10.8. The molecule has 4 aromatic rings. The van der Waals surface area contributed by atoms with E-state index in [0.29, 0.717) is 41.2 Å². The molecule has 0 aliphatic heterocycles. The van der Waals surface area contributed by atoms with Crippen LogP contribution in [-0.4, -0.2) is 19.7 Å². The van der Waals surface area contributed by atoms with E-state index in [9.17, 15) is 9.59 Å². The summed E-state index contributed by atoms with van der Waals surface area (Å²) in [6.07, 6.45) is 2.02. The second-order valence-electron chi connectivity index (χ2n) is 7.49. The maximum atomic E-state index is 12.9. The Kier molecular flexibility index (Phi) is 7.13. The Morgan fingerprint density at radius 2 is 1.62 bits per heavy atom. The summed E-state index contributed by atoms with van der Waals surface area (Å²) < 4.78 is 27.4. The zero-order valence-electron chi connectivity index (χ0n) is 18.9. The van der Waals surface area contributed by atoms with Crippen molar-refractivity contribution in [2.24, 2.45) is 0 Å². The van der Waals surface area contributed by atoms with Gasteiger partial charge in [0.15, 0.2) is 0 Å². The molecule has 0 atom stereocenters. The van der Waals surface area contributed by atoms with E-state index in [1.165, 1.54) is 6.26 Å². The molecule has 1 heterocycles. The predicted molar refractivity (Wildman–Crippen MR) is 127 cm³/mol. The molecule has 7 heteroatoms. The van der Waals surface area contributed by atoms with Crippen LogP contribution < -0.4 is 19.6 Å². The minimum atomic E-state index is -0.399. The van der Waals surface area contributed by atoms with E-state index in [4.69, 9.17) is 23.4 Å². The van der Waals surface area contributed by atoms with Crippen LogP contribution in [0.2, 0.25) is 0 Å². The van der Waals surface area contributed by atoms with Gasteiger partial charge in [-0.05, 0) is 60.5 Å². The van der Waals surface area contributed by atoms with Gasteiger partial charge in [0.25, 0.3) is 0 Å². The Hall–Kier alpha value is -4.26. The SMILES string of the molecule is CCCOC(=O)c1ccc(Oc2coc3cc(OCc4ccc(OC)cc4)ccc3c2=O)cc1. The second-order valence-corrected chi connectivity index (χ2v) is 7.49. The molecule has 0 aliphatic carbocycles. The van der Waals surface area contributed by atoms with Crippen molar-refractivity contribution >= 4 is 16.9 Å². The van der Waals surface area contributed by atoms with Crippen molar-refractivity contribution in [2.75, 3.05) is 13.7 Å². The average Bonchev–Trinajstić information content (AvgIpc) is 2.88. The van der Waals surface area contributed by atoms with Crippen molar-refractivity contribution in [2.45, 2.75) is 20.0 Å². The van der Waals surface area contributed by atoms with Crippen LogP contribution in [0.5, 0.6) is 23.0 Å². The lowest BCUT2D eigenvalue weighted by Gasteiger charge is -2.09. The standard InChI is InChI=1S/C27H24O7/c1-3-14-31-27(29)19-6-10-21(11-7-19)34-25-17-33-24-15-22(12-13-23(24)26(25)28)32-16-18-4-8-20(30-2)9-5-18/h4-13,15,17H,3,14,16H2,1-2H3. The molecule has 0 amide bonds. The molecule has 3 aromatic carbocycles. The first kappa shape index (κ1) is 22.9. The minimum Gasteiger partial charge on any atom is -0.497 e. The predicted octanol–water partition coefficient (Wildman–Crippen LogP) is 5.74. The molecule has 34 heavy (non-hydrogen) atoms. The lowest BCUT2D eigenvalue weighted by Crippen LogP contribution is -2.06. The summed E-state index contributed by atoms with van der Waals surface area (Å²) in [5, 5.41) is 0.370. The van der Waals surface area contributed by atoms with Gasteiger partial charge in [-0.25, -0.2) is 4.79 Å². The molecule has 0 fully saturated rings. The Labute approximate surface area is 196 Å². The van der Waals surface area contributed by atoms with Gasteiger partial charge in [0, 0.05) is 6.07 Å². The lowest BCUT2D eigenvalue weighted by molar-refractivity contribution is 0.0505. The van der Waals surface area contributed by atoms with Gasteiger partial charge in [0.1, 0.15) is 35.7 Å². The normalized spacial score (nSPS) is 10.6. The highest BCUT2D eigenvalue weighted by atomic mass is 16.5. The van der Waals surface area contributed by atoms with Gasteiger partial charge in [-0.3, -0.25) is 4.79 Å². The quantitative estimate of drug-likeness (QED) is 0.295. The molecular formula is C27H24O7. The van der Waals surface area contributed by atoms with Crippen LogP contribution in [0, 0.1) is 0 Å². The van der Waals surface area contributed by atoms with Crippen LogP contribution in [0.4, 0.5) is 0 Å². The van der Waals surface area contributed by atoms with Crippen LogP contribution in [0.1, 0.15) is 29.3 Å². The molecule has 0 saturated carbocycles. The van der Waals surface area contributed by atoms with Crippen LogP contribution in [0.25, 0.3) is 11.0 Å². The molecule has 0 saturated heterocycles. The van der Waals surface area contributed by atoms with Gasteiger partial charge in [0.05, 0.1) is 24.7 Å². The first-order chi connectivity index (χ1) is 16.6. The van der Waals surface area contributed by atoms with Crippen molar-refractivity contribution in [3.05, 3.63) is 94.3 Å². The van der Waals surface area contributed by atoms with E-state index in [0.717, 1.165) is 17.7 Å². The third-order valence-corrected chi connectivity index (χ3v) is 5.03. The fourth-order valence-electron chi connectivity index (χ4n) is 3.20. The third kappa shape index (κ3) is 5.38. The van der Waals surface area contributed by atoms with Crippen molar-refractivity contribution in [3.63, 3.8) is 0 Å². The van der Waals surface area contributed by atoms with Gasteiger partial charge in [-0.1, -0.05) is 19.1 Å². The topological polar surface area (TPSA) is 84.2 Å². The van der Waals surface area contributed by atoms with Crippen molar-refractivity contribution in [3.8, 4) is 23.0 Å². The largest absolute Gasteiger partial charge is 0.497 e. The summed E-state index contributed by atoms with van der Waals surface area (Å²) in [5.74, 6) is 1.40. The molecule has 0 spiro atoms. The van der Waals surface area contributed by atoms with E-state index < -0.39 is 5.97 Å². The highest BCUT2D eigenvalue weighted by Gasteiger charge is 2.12. The van der Waals surface area contributed by atoms with Crippen molar-refractivity contribution in [1.82, 2.24) is 0 Å². The second kappa shape index (κ2) is 10.6. The average molecular weight is 460 g/mol. The number of carbonyl (C=O) groups excluding carboxylic acids is 1. The van der Waals surface area contributed by atoms with E-state index >= 15 is 0 Å². The number of fused-ring (bicyclic) bond motifs is 1. The number of carbonyl (C=O) groups is 1. The molecule has 0 unspecified atom stereocenters. The highest BCUT2D eigenvalue weighted by molar-refractivity contribution is 5.89. The summed E-state index contributed by atoms with van der Waals surface area (Å²) in [4.78, 5) is 24.8. The zero-order chi connectivity index (χ0) is 23.9. The Balaban J connectivity index is 1.45. The van der Waals surface area contributed by atoms with Crippen LogP contribution in [-0.2, 0) is 11.3 Å². The highest BCUT2D eigenvalue weighted by Crippen LogP contribution is 2.25. The van der Waals surface area contributed by atoms with Gasteiger partial charge in [-0.2, -0.15) is 0 Å². The number of ether oxygens (including phenoxy) is 4. The van der Waals surface area contributed by atoms with Gasteiger partial charge < -0.3 is 23.4 Å². The maximum absolute atomic E-state index is 12.9. The van der Waals surface area contributed by atoms with Crippen molar-refractivity contribution < 1.29 is 28.2 Å². The number of hydrogen-bond acceptors (Lipinski definition) is 7. The number of methoxy groups -OCH3 is 1. The van der Waals surface area contributed by atoms with Crippen LogP contribution in [0.15, 0.2) is 82.2 Å². The van der Waals surface area contributed by atoms with E-state index in [-0.39, 0.29) is 11.2 Å². The van der Waals surface area contributed by atoms with Gasteiger partial charge in [0.2, 0.25) is 11.2 Å². The lowest BCUT2D eigenvalue weighted by atomic mass is 10.2. The van der Waals surface area contributed by atoms with Crippen molar-refractivity contribution in [1.29, 1.82) is 0 Å². The monoisotopic (exact) mass is 460 g/mol. The Morgan fingerprint density at radius 1 is 0.912 bits per heavy atom. The minimum absolute atomic E-state index is 0.0423. The maximum Gasteiger partial charge on any atom is 0.338 e. The third-order valence-electron chi connectivity index (χ3n) is 5.03. The summed E-state index contributed by atoms with van der Waals surface area (Å²) in [6.45, 7) is 2.65. The van der Waals surface area contributed by atoms with Gasteiger partial charge in [-0.15, -0.1) is 0 Å². The first-order valence-electron chi connectivity index (χ1n) is 10.8. The summed E-state index contributed by atoms with van der Waals surface area (Å²) >= 11 is 0. The van der Waals surface area contributed by atoms with Gasteiger partial charge >= 0.3 is 5.97 Å². The molecule has 0 radical (unpaired) electrons. The number of benzene rings is 3. The molecule has 7 nitrogen and oxygen atoms in total. The molecular weight excluding hydrogens is 436 g/mol. The molecule has 4 rings (SSSR count).